The van der Waals surface area contributed by atoms with E-state index in [2.05, 4.69) is 25.5 Å². The molecule has 1 aromatic carbocycles. The van der Waals surface area contributed by atoms with E-state index >= 15 is 0 Å². The van der Waals surface area contributed by atoms with Crippen molar-refractivity contribution in [2.45, 2.75) is 26.7 Å². The molecule has 0 unspecified atom stereocenters. The van der Waals surface area contributed by atoms with Crippen LogP contribution in [0.25, 0.3) is 16.7 Å². The Balaban J connectivity index is 1.38. The molecule has 136 valence electrons. The Morgan fingerprint density at radius 3 is 2.70 bits per heavy atom. The molecule has 0 aliphatic heterocycles. The molecule has 4 rings (SSSR count). The van der Waals surface area contributed by atoms with Gasteiger partial charge in [0.15, 0.2) is 5.65 Å². The van der Waals surface area contributed by atoms with Gasteiger partial charge in [-0.2, -0.15) is 0 Å². The minimum atomic E-state index is -0.108. The average molecular weight is 360 g/mol. The van der Waals surface area contributed by atoms with Crippen LogP contribution in [0.15, 0.2) is 42.6 Å². The summed E-state index contributed by atoms with van der Waals surface area (Å²) in [6.45, 7) is 4.42. The lowest BCUT2D eigenvalue weighted by atomic mass is 10.1. The molecule has 0 spiro atoms. The number of benzene rings is 1. The lowest BCUT2D eigenvalue weighted by Gasteiger charge is -2.07. The van der Waals surface area contributed by atoms with Gasteiger partial charge in [-0.3, -0.25) is 9.20 Å². The molecule has 0 bridgehead atoms. The maximum absolute atomic E-state index is 12.4. The Bertz CT molecular complexity index is 1130. The van der Waals surface area contributed by atoms with Gasteiger partial charge in [-0.25, -0.2) is 9.97 Å². The molecule has 1 amide bonds. The minimum Gasteiger partial charge on any atom is -0.352 e. The minimum absolute atomic E-state index is 0.108. The highest BCUT2D eigenvalue weighted by atomic mass is 16.1. The fourth-order valence-electron chi connectivity index (χ4n) is 2.98. The number of amides is 1. The fourth-order valence-corrected chi connectivity index (χ4v) is 2.98. The molecule has 3 heterocycles. The second-order valence-corrected chi connectivity index (χ2v) is 6.50. The van der Waals surface area contributed by atoms with Crippen LogP contribution in [0.4, 0.5) is 0 Å². The van der Waals surface area contributed by atoms with Crippen molar-refractivity contribution in [2.24, 2.45) is 0 Å². The van der Waals surface area contributed by atoms with Crippen molar-refractivity contribution in [3.05, 3.63) is 65.4 Å². The van der Waals surface area contributed by atoms with Crippen LogP contribution in [0.3, 0.4) is 0 Å². The second-order valence-electron chi connectivity index (χ2n) is 6.50. The zero-order valence-electron chi connectivity index (χ0n) is 15.3. The van der Waals surface area contributed by atoms with Crippen LogP contribution in [0.5, 0.6) is 0 Å². The first kappa shape index (κ1) is 17.1. The normalized spacial score (nSPS) is 11.2. The molecule has 0 saturated carbocycles. The Kier molecular flexibility index (Phi) is 4.50. The third kappa shape index (κ3) is 3.48. The van der Waals surface area contributed by atoms with Gasteiger partial charge in [0.2, 0.25) is 0 Å². The summed E-state index contributed by atoms with van der Waals surface area (Å²) in [5, 5.41) is 11.3. The van der Waals surface area contributed by atoms with E-state index < -0.39 is 0 Å². The highest BCUT2D eigenvalue weighted by Gasteiger charge is 2.09. The Labute approximate surface area is 156 Å². The van der Waals surface area contributed by atoms with Crippen LogP contribution in [-0.4, -0.2) is 37.0 Å². The monoisotopic (exact) mass is 360 g/mol. The molecule has 0 aliphatic carbocycles. The van der Waals surface area contributed by atoms with Crippen LogP contribution in [0, 0.1) is 13.8 Å². The van der Waals surface area contributed by atoms with Crippen LogP contribution in [0.2, 0.25) is 0 Å². The summed E-state index contributed by atoms with van der Waals surface area (Å²) in [5.74, 6) is 0.787. The number of rotatable bonds is 5. The first-order valence-electron chi connectivity index (χ1n) is 8.93. The summed E-state index contributed by atoms with van der Waals surface area (Å²) in [5.41, 5.74) is 4.74. The maximum Gasteiger partial charge on any atom is 0.251 e. The van der Waals surface area contributed by atoms with Gasteiger partial charge in [0, 0.05) is 24.7 Å². The summed E-state index contributed by atoms with van der Waals surface area (Å²) in [4.78, 5) is 21.4. The van der Waals surface area contributed by atoms with Gasteiger partial charge in [-0.05, 0) is 50.6 Å². The molecule has 0 saturated heterocycles. The van der Waals surface area contributed by atoms with E-state index in [4.69, 9.17) is 0 Å². The molecule has 0 atom stereocenters. The molecule has 0 fully saturated rings. The summed E-state index contributed by atoms with van der Waals surface area (Å²) >= 11 is 0. The van der Waals surface area contributed by atoms with E-state index in [0.717, 1.165) is 46.7 Å². The number of nitrogens with zero attached hydrogens (tertiary/aromatic N) is 5. The number of pyridine rings is 1. The van der Waals surface area contributed by atoms with Gasteiger partial charge in [0.1, 0.15) is 5.82 Å². The van der Waals surface area contributed by atoms with E-state index in [0.29, 0.717) is 12.1 Å². The summed E-state index contributed by atoms with van der Waals surface area (Å²) in [6, 6.07) is 11.2. The van der Waals surface area contributed by atoms with E-state index in [1.807, 2.05) is 48.7 Å². The molecule has 0 aliphatic rings. The summed E-state index contributed by atoms with van der Waals surface area (Å²) in [7, 11) is 0. The van der Waals surface area contributed by atoms with Gasteiger partial charge < -0.3 is 5.32 Å². The van der Waals surface area contributed by atoms with Crippen molar-refractivity contribution < 1.29 is 4.79 Å². The third-order valence-electron chi connectivity index (χ3n) is 4.58. The standard InChI is InChI=1S/C20H20N6O/c1-13-14(2)23-17-12-15(8-9-16(17)22-13)20(27)21-10-5-7-19-25-24-18-6-3-4-11-26(18)19/h3-4,6,8-9,11-12H,5,7,10H2,1-2H3,(H,21,27). The van der Waals surface area contributed by atoms with E-state index in [1.54, 1.807) is 12.1 Å². The number of hydrogen-bond acceptors (Lipinski definition) is 5. The predicted molar refractivity (Wildman–Crippen MR) is 103 cm³/mol. The third-order valence-corrected chi connectivity index (χ3v) is 4.58. The summed E-state index contributed by atoms with van der Waals surface area (Å²) in [6.07, 6.45) is 3.48. The van der Waals surface area contributed by atoms with Crippen molar-refractivity contribution >= 4 is 22.6 Å². The number of carbonyl (C=O) groups excluding carboxylic acids is 1. The van der Waals surface area contributed by atoms with Crippen LogP contribution in [-0.2, 0) is 6.42 Å². The van der Waals surface area contributed by atoms with Crippen LogP contribution >= 0.6 is 0 Å². The number of carbonyl (C=O) groups is 1. The molecular formula is C20H20N6O. The number of nitrogens with one attached hydrogen (secondary N) is 1. The molecular weight excluding hydrogens is 340 g/mol. The number of hydrogen-bond donors (Lipinski definition) is 1. The first-order chi connectivity index (χ1) is 13.1. The quantitative estimate of drug-likeness (QED) is 0.553. The Morgan fingerprint density at radius 1 is 1.04 bits per heavy atom. The largest absolute Gasteiger partial charge is 0.352 e. The number of fused-ring (bicyclic) bond motifs is 2. The van der Waals surface area contributed by atoms with E-state index in [1.165, 1.54) is 0 Å². The van der Waals surface area contributed by atoms with Gasteiger partial charge in [0.05, 0.1) is 22.4 Å². The Hall–Kier alpha value is -3.35. The zero-order chi connectivity index (χ0) is 18.8. The van der Waals surface area contributed by atoms with Gasteiger partial charge >= 0.3 is 0 Å². The maximum atomic E-state index is 12.4. The molecule has 3 aromatic heterocycles. The van der Waals surface area contributed by atoms with Crippen molar-refractivity contribution in [1.29, 1.82) is 0 Å². The van der Waals surface area contributed by atoms with Crippen molar-refractivity contribution in [3.8, 4) is 0 Å². The SMILES string of the molecule is Cc1nc2ccc(C(=O)NCCCc3nnc4ccccn34)cc2nc1C. The van der Waals surface area contributed by atoms with Crippen LogP contribution in [0.1, 0.15) is 34.0 Å². The number of aryl methyl sites for hydroxylation is 3. The van der Waals surface area contributed by atoms with Crippen molar-refractivity contribution in [1.82, 2.24) is 29.9 Å². The molecule has 0 radical (unpaired) electrons. The predicted octanol–water partition coefficient (Wildman–Crippen LogP) is 2.65. The highest BCUT2D eigenvalue weighted by molar-refractivity contribution is 5.97. The zero-order valence-corrected chi connectivity index (χ0v) is 15.3. The van der Waals surface area contributed by atoms with E-state index in [-0.39, 0.29) is 5.91 Å². The van der Waals surface area contributed by atoms with Gasteiger partial charge in [-0.1, -0.05) is 6.07 Å². The first-order valence-corrected chi connectivity index (χ1v) is 8.93. The topological polar surface area (TPSA) is 85.1 Å². The second kappa shape index (κ2) is 7.11. The smallest absolute Gasteiger partial charge is 0.251 e. The van der Waals surface area contributed by atoms with Crippen LogP contribution < -0.4 is 5.32 Å². The van der Waals surface area contributed by atoms with Gasteiger partial charge in [-0.15, -0.1) is 10.2 Å². The van der Waals surface area contributed by atoms with E-state index in [9.17, 15) is 4.79 Å². The van der Waals surface area contributed by atoms with Crippen molar-refractivity contribution in [3.63, 3.8) is 0 Å². The Morgan fingerprint density at radius 2 is 1.85 bits per heavy atom. The fraction of sp³-hybridized carbons (Fsp3) is 0.250. The highest BCUT2D eigenvalue weighted by Crippen LogP contribution is 2.14. The molecule has 7 heteroatoms. The molecule has 4 aromatic rings. The van der Waals surface area contributed by atoms with Crippen molar-refractivity contribution in [2.75, 3.05) is 6.54 Å². The lowest BCUT2D eigenvalue weighted by Crippen LogP contribution is -2.25. The average Bonchev–Trinajstić information content (AvgIpc) is 3.09. The molecule has 7 nitrogen and oxygen atoms in total. The van der Waals surface area contributed by atoms with Gasteiger partial charge in [0.25, 0.3) is 5.91 Å². The molecule has 27 heavy (non-hydrogen) atoms. The molecule has 1 N–H and O–H groups in total. The summed E-state index contributed by atoms with van der Waals surface area (Å²) < 4.78 is 1.97. The lowest BCUT2D eigenvalue weighted by molar-refractivity contribution is 0.0953. The number of aromatic nitrogens is 5.